The molecule has 1 aromatic heterocycles. The molecule has 0 aromatic carbocycles. The molecular formula is C19H25N3O2. The number of piperidine rings is 1. The average Bonchev–Trinajstić information content (AvgIpc) is 3.38. The number of aromatic nitrogens is 1. The van der Waals surface area contributed by atoms with Crippen LogP contribution in [0.25, 0.3) is 0 Å². The predicted octanol–water partition coefficient (Wildman–Crippen LogP) is 2.39. The van der Waals surface area contributed by atoms with Gasteiger partial charge in [0.05, 0.1) is 6.04 Å². The highest BCUT2D eigenvalue weighted by Crippen LogP contribution is 2.35. The van der Waals surface area contributed by atoms with E-state index >= 15 is 0 Å². The molecule has 4 rings (SSSR count). The lowest BCUT2D eigenvalue weighted by molar-refractivity contribution is -0.142. The summed E-state index contributed by atoms with van der Waals surface area (Å²) >= 11 is 0. The van der Waals surface area contributed by atoms with Crippen molar-refractivity contribution in [2.75, 3.05) is 19.6 Å². The van der Waals surface area contributed by atoms with E-state index in [9.17, 15) is 9.59 Å². The van der Waals surface area contributed by atoms with E-state index in [-0.39, 0.29) is 23.8 Å². The molecule has 5 heteroatoms. The Balaban J connectivity index is 1.38. The van der Waals surface area contributed by atoms with Crippen LogP contribution in [0.4, 0.5) is 0 Å². The van der Waals surface area contributed by atoms with Crippen LogP contribution >= 0.6 is 0 Å². The zero-order valence-electron chi connectivity index (χ0n) is 14.1. The molecule has 0 spiro atoms. The first kappa shape index (κ1) is 15.6. The quantitative estimate of drug-likeness (QED) is 0.856. The first-order valence-corrected chi connectivity index (χ1v) is 9.23. The van der Waals surface area contributed by atoms with Crippen molar-refractivity contribution >= 4 is 11.8 Å². The van der Waals surface area contributed by atoms with Crippen molar-refractivity contribution in [3.63, 3.8) is 0 Å². The Morgan fingerprint density at radius 3 is 2.38 bits per heavy atom. The van der Waals surface area contributed by atoms with Crippen molar-refractivity contribution < 1.29 is 9.59 Å². The van der Waals surface area contributed by atoms with E-state index in [0.29, 0.717) is 5.91 Å². The molecule has 3 aliphatic rings. The molecule has 2 amide bonds. The van der Waals surface area contributed by atoms with Gasteiger partial charge in [0.1, 0.15) is 0 Å². The summed E-state index contributed by atoms with van der Waals surface area (Å²) in [5, 5.41) is 0. The van der Waals surface area contributed by atoms with Crippen LogP contribution in [-0.4, -0.2) is 46.2 Å². The van der Waals surface area contributed by atoms with Gasteiger partial charge < -0.3 is 9.80 Å². The topological polar surface area (TPSA) is 53.5 Å². The molecule has 5 nitrogen and oxygen atoms in total. The minimum Gasteiger partial charge on any atom is -0.342 e. The van der Waals surface area contributed by atoms with Gasteiger partial charge in [0.2, 0.25) is 11.8 Å². The normalized spacial score (nSPS) is 25.1. The van der Waals surface area contributed by atoms with Gasteiger partial charge in [-0.15, -0.1) is 0 Å². The van der Waals surface area contributed by atoms with Gasteiger partial charge in [-0.3, -0.25) is 14.6 Å². The van der Waals surface area contributed by atoms with Crippen LogP contribution in [0.5, 0.6) is 0 Å². The minimum absolute atomic E-state index is 0.0746. The number of nitrogens with zero attached hydrogens (tertiary/aromatic N) is 3. The van der Waals surface area contributed by atoms with Gasteiger partial charge in [-0.05, 0) is 50.2 Å². The van der Waals surface area contributed by atoms with E-state index in [4.69, 9.17) is 0 Å². The summed E-state index contributed by atoms with van der Waals surface area (Å²) < 4.78 is 0. The highest BCUT2D eigenvalue weighted by molar-refractivity contribution is 5.82. The summed E-state index contributed by atoms with van der Waals surface area (Å²) in [5.74, 6) is 0.950. The van der Waals surface area contributed by atoms with Crippen molar-refractivity contribution in [2.24, 2.45) is 11.8 Å². The lowest BCUT2D eigenvalue weighted by Gasteiger charge is -2.35. The number of pyridine rings is 1. The van der Waals surface area contributed by atoms with E-state index in [0.717, 1.165) is 63.7 Å². The smallest absolute Gasteiger partial charge is 0.226 e. The van der Waals surface area contributed by atoms with Crippen LogP contribution in [0.15, 0.2) is 24.5 Å². The maximum Gasteiger partial charge on any atom is 0.226 e. The molecule has 128 valence electrons. The average molecular weight is 327 g/mol. The number of carbonyl (C=O) groups excluding carboxylic acids is 2. The lowest BCUT2D eigenvalue weighted by atomic mass is 9.94. The van der Waals surface area contributed by atoms with Crippen LogP contribution in [0.2, 0.25) is 0 Å². The molecule has 1 aliphatic carbocycles. The predicted molar refractivity (Wildman–Crippen MR) is 90.0 cm³/mol. The fourth-order valence-corrected chi connectivity index (χ4v) is 4.12. The molecule has 0 radical (unpaired) electrons. The van der Waals surface area contributed by atoms with E-state index in [2.05, 4.69) is 16.0 Å². The Labute approximate surface area is 143 Å². The van der Waals surface area contributed by atoms with Crippen molar-refractivity contribution in [1.29, 1.82) is 0 Å². The monoisotopic (exact) mass is 327 g/mol. The van der Waals surface area contributed by atoms with Crippen LogP contribution in [-0.2, 0) is 9.59 Å². The molecule has 0 N–H and O–H groups in total. The second-order valence-electron chi connectivity index (χ2n) is 7.35. The Morgan fingerprint density at radius 1 is 0.958 bits per heavy atom. The zero-order chi connectivity index (χ0) is 16.5. The molecule has 0 bridgehead atoms. The molecule has 1 atom stereocenters. The van der Waals surface area contributed by atoms with E-state index < -0.39 is 0 Å². The van der Waals surface area contributed by atoms with Crippen LogP contribution in [0.3, 0.4) is 0 Å². The molecule has 0 unspecified atom stereocenters. The standard InChI is InChI=1S/C19H25N3O2/c23-18(14-5-6-14)21-11-7-15(8-12-21)19(24)22-10-2-4-17(22)16-3-1-9-20-13-16/h1,3,9,13-15,17H,2,4-8,10-12H2/t17-/m0/s1. The molecule has 3 heterocycles. The third-order valence-electron chi connectivity index (χ3n) is 5.69. The third kappa shape index (κ3) is 3.04. The fourth-order valence-electron chi connectivity index (χ4n) is 4.12. The number of rotatable bonds is 3. The highest BCUT2D eigenvalue weighted by Gasteiger charge is 2.38. The van der Waals surface area contributed by atoms with Crippen molar-refractivity contribution in [3.05, 3.63) is 30.1 Å². The maximum atomic E-state index is 13.0. The Hall–Kier alpha value is -1.91. The molecule has 1 saturated carbocycles. The summed E-state index contributed by atoms with van der Waals surface area (Å²) in [6.45, 7) is 2.34. The van der Waals surface area contributed by atoms with E-state index in [1.807, 2.05) is 17.2 Å². The third-order valence-corrected chi connectivity index (χ3v) is 5.69. The van der Waals surface area contributed by atoms with Gasteiger partial charge >= 0.3 is 0 Å². The van der Waals surface area contributed by atoms with Crippen LogP contribution in [0, 0.1) is 11.8 Å². The van der Waals surface area contributed by atoms with Crippen LogP contribution in [0.1, 0.15) is 50.1 Å². The highest BCUT2D eigenvalue weighted by atomic mass is 16.2. The summed E-state index contributed by atoms with van der Waals surface area (Å²) in [6, 6.07) is 4.19. The molecule has 3 fully saturated rings. The molecule has 1 aromatic rings. The first-order chi connectivity index (χ1) is 11.7. The van der Waals surface area contributed by atoms with Gasteiger partial charge in [0.15, 0.2) is 0 Å². The summed E-state index contributed by atoms with van der Waals surface area (Å²) in [6.07, 6.45) is 9.47. The number of amides is 2. The Morgan fingerprint density at radius 2 is 1.71 bits per heavy atom. The largest absolute Gasteiger partial charge is 0.342 e. The van der Waals surface area contributed by atoms with Gasteiger partial charge in [-0.1, -0.05) is 6.07 Å². The summed E-state index contributed by atoms with van der Waals surface area (Å²) in [4.78, 5) is 33.4. The van der Waals surface area contributed by atoms with Crippen molar-refractivity contribution in [2.45, 2.75) is 44.6 Å². The van der Waals surface area contributed by atoms with Gasteiger partial charge in [-0.25, -0.2) is 0 Å². The minimum atomic E-state index is 0.0746. The Kier molecular flexibility index (Phi) is 4.25. The van der Waals surface area contributed by atoms with Crippen LogP contribution < -0.4 is 0 Å². The fraction of sp³-hybridized carbons (Fsp3) is 0.632. The molecule has 2 aliphatic heterocycles. The molecule has 2 saturated heterocycles. The Bertz CT molecular complexity index is 606. The second kappa shape index (κ2) is 6.54. The van der Waals surface area contributed by atoms with E-state index in [1.54, 1.807) is 6.20 Å². The van der Waals surface area contributed by atoms with Crippen molar-refractivity contribution in [1.82, 2.24) is 14.8 Å². The number of carbonyl (C=O) groups is 2. The molecular weight excluding hydrogens is 302 g/mol. The summed E-state index contributed by atoms with van der Waals surface area (Å²) in [7, 11) is 0. The number of likely N-dealkylation sites (tertiary alicyclic amines) is 2. The van der Waals surface area contributed by atoms with Gasteiger partial charge in [-0.2, -0.15) is 0 Å². The second-order valence-corrected chi connectivity index (χ2v) is 7.35. The SMILES string of the molecule is O=C(C1CC1)N1CCC(C(=O)N2CCC[C@H]2c2cccnc2)CC1. The zero-order valence-corrected chi connectivity index (χ0v) is 14.1. The summed E-state index contributed by atoms with van der Waals surface area (Å²) in [5.41, 5.74) is 1.14. The van der Waals surface area contributed by atoms with Gasteiger partial charge in [0, 0.05) is 43.9 Å². The van der Waals surface area contributed by atoms with Gasteiger partial charge in [0.25, 0.3) is 0 Å². The molecule has 24 heavy (non-hydrogen) atoms. The van der Waals surface area contributed by atoms with Crippen molar-refractivity contribution in [3.8, 4) is 0 Å². The van der Waals surface area contributed by atoms with E-state index in [1.165, 1.54) is 0 Å². The first-order valence-electron chi connectivity index (χ1n) is 9.23. The lowest BCUT2D eigenvalue weighted by Crippen LogP contribution is -2.44. The number of hydrogen-bond donors (Lipinski definition) is 0. The maximum absolute atomic E-state index is 13.0. The number of hydrogen-bond acceptors (Lipinski definition) is 3.